The van der Waals surface area contributed by atoms with Crippen LogP contribution in [0.15, 0.2) is 46.7 Å². The van der Waals surface area contributed by atoms with Crippen molar-refractivity contribution in [2.75, 3.05) is 22.3 Å². The molecule has 0 atom stereocenters. The lowest BCUT2D eigenvalue weighted by Gasteiger charge is -2.08. The van der Waals surface area contributed by atoms with Crippen LogP contribution in [-0.4, -0.2) is 32.7 Å². The minimum Gasteiger partial charge on any atom is -0.334 e. The third kappa shape index (κ3) is 5.57. The van der Waals surface area contributed by atoms with E-state index in [4.69, 9.17) is 40.6 Å². The molecule has 1 heterocycles. The number of nitrogen functional groups attached to an aromatic ring is 1. The van der Waals surface area contributed by atoms with E-state index in [2.05, 4.69) is 26.0 Å². The summed E-state index contributed by atoms with van der Waals surface area (Å²) in [5, 5.41) is 16.4. The Morgan fingerprint density at radius 2 is 2.07 bits per heavy atom. The average molecular weight is 485 g/mol. The van der Waals surface area contributed by atoms with Crippen LogP contribution in [0.5, 0.6) is 0 Å². The monoisotopic (exact) mass is 483 g/mol. The molecule has 8 nitrogen and oxygen atoms in total. The summed E-state index contributed by atoms with van der Waals surface area (Å²) in [6.45, 7) is 1.88. The molecule has 0 saturated carbocycles. The first-order chi connectivity index (χ1) is 14.3. The van der Waals surface area contributed by atoms with Crippen LogP contribution in [0.2, 0.25) is 15.1 Å². The zero-order chi connectivity index (χ0) is 21.7. The smallest absolute Gasteiger partial charge is 0.264 e. The Morgan fingerprint density at radius 1 is 1.27 bits per heavy atom. The van der Waals surface area contributed by atoms with Crippen molar-refractivity contribution >= 4 is 70.3 Å². The van der Waals surface area contributed by atoms with E-state index >= 15 is 0 Å². The summed E-state index contributed by atoms with van der Waals surface area (Å²) in [5.41, 5.74) is 4.86. The molecular weight excluding hydrogens is 469 g/mol. The summed E-state index contributed by atoms with van der Waals surface area (Å²) in [7, 11) is 0. The van der Waals surface area contributed by atoms with Crippen molar-refractivity contribution in [3.63, 3.8) is 0 Å². The minimum absolute atomic E-state index is 0.0860. The van der Waals surface area contributed by atoms with E-state index in [9.17, 15) is 4.79 Å². The van der Waals surface area contributed by atoms with Gasteiger partial charge in [0.2, 0.25) is 11.1 Å². The number of halogens is 3. The molecule has 0 aliphatic heterocycles. The summed E-state index contributed by atoms with van der Waals surface area (Å²) < 4.78 is 1.19. The molecule has 12 heteroatoms. The quantitative estimate of drug-likeness (QED) is 0.198. The van der Waals surface area contributed by atoms with E-state index in [1.807, 2.05) is 13.0 Å². The maximum atomic E-state index is 12.2. The van der Waals surface area contributed by atoms with Gasteiger partial charge in [0.25, 0.3) is 5.95 Å². The Labute approximate surface area is 191 Å². The highest BCUT2D eigenvalue weighted by atomic mass is 35.5. The molecule has 0 saturated heterocycles. The van der Waals surface area contributed by atoms with Gasteiger partial charge in [-0.2, -0.15) is 5.10 Å². The molecule has 0 fully saturated rings. The number of nitrogens with zero attached hydrogens (tertiary/aromatic N) is 4. The molecule has 0 spiro atoms. The van der Waals surface area contributed by atoms with Gasteiger partial charge in [0, 0.05) is 16.3 Å². The summed E-state index contributed by atoms with van der Waals surface area (Å²) in [6, 6.07) is 10.5. The first-order valence-electron chi connectivity index (χ1n) is 8.47. The van der Waals surface area contributed by atoms with E-state index in [-0.39, 0.29) is 17.6 Å². The van der Waals surface area contributed by atoms with Gasteiger partial charge in [0.05, 0.1) is 22.0 Å². The molecule has 1 amide bonds. The van der Waals surface area contributed by atoms with Crippen molar-refractivity contribution in [3.8, 4) is 0 Å². The fourth-order valence-corrected chi connectivity index (χ4v) is 3.46. The Morgan fingerprint density at radius 3 is 2.87 bits per heavy atom. The van der Waals surface area contributed by atoms with Gasteiger partial charge in [-0.1, -0.05) is 64.8 Å². The molecule has 3 aromatic rings. The molecule has 4 N–H and O–H groups in total. The number of anilines is 2. The number of aromatic nitrogens is 3. The van der Waals surface area contributed by atoms with Crippen LogP contribution in [0.1, 0.15) is 11.1 Å². The van der Waals surface area contributed by atoms with Gasteiger partial charge in [-0.3, -0.25) is 4.79 Å². The second kappa shape index (κ2) is 10.0. The third-order valence-electron chi connectivity index (χ3n) is 3.82. The molecule has 0 bridgehead atoms. The molecule has 3 rings (SSSR count). The molecule has 30 heavy (non-hydrogen) atoms. The number of hydrazone groups is 1. The molecule has 0 aliphatic rings. The van der Waals surface area contributed by atoms with Gasteiger partial charge in [0.1, 0.15) is 0 Å². The number of aryl methyl sites for hydroxylation is 1. The van der Waals surface area contributed by atoms with Crippen molar-refractivity contribution in [2.24, 2.45) is 5.10 Å². The zero-order valence-corrected chi connectivity index (χ0v) is 18.6. The molecule has 1 aromatic heterocycles. The van der Waals surface area contributed by atoms with Crippen LogP contribution >= 0.6 is 46.6 Å². The van der Waals surface area contributed by atoms with E-state index in [0.717, 1.165) is 17.3 Å². The second-order valence-electron chi connectivity index (χ2n) is 5.99. The number of carbonyl (C=O) groups is 1. The topological polar surface area (TPSA) is 110 Å². The van der Waals surface area contributed by atoms with Crippen molar-refractivity contribution in [2.45, 2.75) is 12.1 Å². The average Bonchev–Trinajstić information content (AvgIpc) is 3.06. The lowest BCUT2D eigenvalue weighted by atomic mass is 10.2. The van der Waals surface area contributed by atoms with E-state index in [1.54, 1.807) is 30.3 Å². The number of nitrogens with two attached hydrogens (primary N) is 1. The highest BCUT2D eigenvalue weighted by molar-refractivity contribution is 7.99. The molecule has 156 valence electrons. The van der Waals surface area contributed by atoms with Crippen molar-refractivity contribution in [1.82, 2.24) is 14.9 Å². The Kier molecular flexibility index (Phi) is 7.43. The molecule has 2 aromatic carbocycles. The van der Waals surface area contributed by atoms with Gasteiger partial charge < -0.3 is 11.2 Å². The van der Waals surface area contributed by atoms with Crippen LogP contribution in [0.4, 0.5) is 11.6 Å². The number of rotatable bonds is 7. The molecule has 0 radical (unpaired) electrons. The number of benzene rings is 2. The van der Waals surface area contributed by atoms with E-state index in [0.29, 0.717) is 31.5 Å². The van der Waals surface area contributed by atoms with Gasteiger partial charge >= 0.3 is 0 Å². The molecule has 0 unspecified atom stereocenters. The van der Waals surface area contributed by atoms with Crippen molar-refractivity contribution in [1.29, 1.82) is 0 Å². The zero-order valence-electron chi connectivity index (χ0n) is 15.6. The number of nitrogens with one attached hydrogen (secondary N) is 2. The first kappa shape index (κ1) is 22.2. The van der Waals surface area contributed by atoms with Gasteiger partial charge in [-0.25, -0.2) is 10.1 Å². The predicted octanol–water partition coefficient (Wildman–Crippen LogP) is 4.44. The maximum Gasteiger partial charge on any atom is 0.264 e. The Bertz CT molecular complexity index is 1100. The largest absolute Gasteiger partial charge is 0.334 e. The standard InChI is InChI=1S/C18H16Cl3N7OS/c1-10-5-6-12(19)7-14(10)24-15(29)9-30-18-27-26-17(28(18)22)25-23-8-11-3-2-4-13(20)16(11)21/h2-8H,9,22H2,1H3,(H,24,29)(H,25,26)/b23-8+. The van der Waals surface area contributed by atoms with Crippen LogP contribution in [0.3, 0.4) is 0 Å². The number of hydrogen-bond acceptors (Lipinski definition) is 7. The summed E-state index contributed by atoms with van der Waals surface area (Å²) >= 11 is 19.2. The first-order valence-corrected chi connectivity index (χ1v) is 10.6. The van der Waals surface area contributed by atoms with Gasteiger partial charge in [-0.15, -0.1) is 10.2 Å². The summed E-state index contributed by atoms with van der Waals surface area (Å²) in [5.74, 6) is 6.01. The number of carbonyl (C=O) groups excluding carboxylic acids is 1. The van der Waals surface area contributed by atoms with Crippen molar-refractivity contribution in [3.05, 3.63) is 62.6 Å². The highest BCUT2D eigenvalue weighted by Crippen LogP contribution is 2.24. The summed E-state index contributed by atoms with van der Waals surface area (Å²) in [4.78, 5) is 12.2. The van der Waals surface area contributed by atoms with E-state index in [1.165, 1.54) is 10.9 Å². The maximum absolute atomic E-state index is 12.2. The van der Waals surface area contributed by atoms with Crippen LogP contribution < -0.4 is 16.6 Å². The van der Waals surface area contributed by atoms with E-state index < -0.39 is 0 Å². The molecule has 0 aliphatic carbocycles. The highest BCUT2D eigenvalue weighted by Gasteiger charge is 2.13. The molecular formula is C18H16Cl3N7OS. The van der Waals surface area contributed by atoms with Crippen LogP contribution in [-0.2, 0) is 4.79 Å². The van der Waals surface area contributed by atoms with Gasteiger partial charge in [-0.05, 0) is 30.7 Å². The van der Waals surface area contributed by atoms with Crippen LogP contribution in [0.25, 0.3) is 0 Å². The summed E-state index contributed by atoms with van der Waals surface area (Å²) in [6.07, 6.45) is 1.48. The number of amides is 1. The second-order valence-corrected chi connectivity index (χ2v) is 8.15. The predicted molar refractivity (Wildman–Crippen MR) is 123 cm³/mol. The fraction of sp³-hybridized carbons (Fsp3) is 0.111. The Hall–Kier alpha value is -2.46. The van der Waals surface area contributed by atoms with Gasteiger partial charge in [0.15, 0.2) is 0 Å². The lowest BCUT2D eigenvalue weighted by Crippen LogP contribution is -2.17. The fourth-order valence-electron chi connectivity index (χ4n) is 2.28. The normalized spacial score (nSPS) is 11.1. The minimum atomic E-state index is -0.225. The van der Waals surface area contributed by atoms with Crippen molar-refractivity contribution < 1.29 is 4.79 Å². The lowest BCUT2D eigenvalue weighted by molar-refractivity contribution is -0.113. The van der Waals surface area contributed by atoms with Crippen LogP contribution in [0, 0.1) is 6.92 Å². The third-order valence-corrected chi connectivity index (χ3v) is 5.83. The number of thioether (sulfide) groups is 1. The Balaban J connectivity index is 1.57. The SMILES string of the molecule is Cc1ccc(Cl)cc1NC(=O)CSc1nnc(N/N=C/c2cccc(Cl)c2Cl)n1N. The number of hydrogen-bond donors (Lipinski definition) is 3.